The van der Waals surface area contributed by atoms with Gasteiger partial charge in [0, 0.05) is 28.4 Å². The van der Waals surface area contributed by atoms with Gasteiger partial charge in [0.2, 0.25) is 5.91 Å². The molecule has 1 aliphatic rings. The molecule has 3 aromatic carbocycles. The zero-order valence-corrected chi connectivity index (χ0v) is 17.0. The summed E-state index contributed by atoms with van der Waals surface area (Å²) in [5.74, 6) is 0.264. The summed E-state index contributed by atoms with van der Waals surface area (Å²) < 4.78 is 0. The predicted molar refractivity (Wildman–Crippen MR) is 119 cm³/mol. The average molecular weight is 403 g/mol. The monoisotopic (exact) mass is 402 g/mol. The fourth-order valence-corrected chi connectivity index (χ4v) is 4.08. The van der Waals surface area contributed by atoms with Gasteiger partial charge in [0.1, 0.15) is 0 Å². The minimum absolute atomic E-state index is 0.0113. The molecular formula is C24H22N2O2S. The number of nitrogens with zero attached hydrogens (tertiary/aromatic N) is 1. The number of carbonyl (C=O) groups excluding carboxylic acids is 2. The molecule has 0 bridgehead atoms. The fourth-order valence-electron chi connectivity index (χ4n) is 3.38. The molecule has 1 N–H and O–H groups in total. The van der Waals surface area contributed by atoms with E-state index in [9.17, 15) is 9.59 Å². The maximum Gasteiger partial charge on any atom is 0.258 e. The summed E-state index contributed by atoms with van der Waals surface area (Å²) in [6.45, 7) is 2.74. The summed E-state index contributed by atoms with van der Waals surface area (Å²) in [5, 5.41) is 2.89. The van der Waals surface area contributed by atoms with Crippen LogP contribution in [0.5, 0.6) is 0 Å². The molecule has 1 heterocycles. The van der Waals surface area contributed by atoms with Crippen molar-refractivity contribution in [3.05, 3.63) is 89.5 Å². The van der Waals surface area contributed by atoms with Crippen molar-refractivity contribution in [2.75, 3.05) is 22.5 Å². The minimum atomic E-state index is -0.0666. The van der Waals surface area contributed by atoms with Crippen LogP contribution in [0.1, 0.15) is 21.5 Å². The molecule has 29 heavy (non-hydrogen) atoms. The number of rotatable bonds is 5. The van der Waals surface area contributed by atoms with E-state index >= 15 is 0 Å². The lowest BCUT2D eigenvalue weighted by molar-refractivity contribution is -0.113. The van der Waals surface area contributed by atoms with E-state index in [2.05, 4.69) is 11.4 Å². The van der Waals surface area contributed by atoms with E-state index in [4.69, 9.17) is 0 Å². The molecule has 4 rings (SSSR count). The molecule has 5 heteroatoms. The Balaban J connectivity index is 1.35. The Labute approximate surface area is 174 Å². The number of nitrogens with one attached hydrogen (secondary N) is 1. The van der Waals surface area contributed by atoms with Crippen LogP contribution in [0.3, 0.4) is 0 Å². The molecule has 0 aliphatic carbocycles. The van der Waals surface area contributed by atoms with Crippen LogP contribution in [0.2, 0.25) is 0 Å². The van der Waals surface area contributed by atoms with Gasteiger partial charge in [-0.3, -0.25) is 9.59 Å². The second kappa shape index (κ2) is 8.53. The molecule has 0 spiro atoms. The van der Waals surface area contributed by atoms with Crippen LogP contribution in [0.4, 0.5) is 11.4 Å². The van der Waals surface area contributed by atoms with E-state index in [1.54, 1.807) is 24.3 Å². The van der Waals surface area contributed by atoms with Gasteiger partial charge in [-0.25, -0.2) is 0 Å². The zero-order chi connectivity index (χ0) is 20.2. The van der Waals surface area contributed by atoms with Gasteiger partial charge in [0.25, 0.3) is 5.91 Å². The summed E-state index contributed by atoms with van der Waals surface area (Å²) in [5.41, 5.74) is 4.70. The smallest absolute Gasteiger partial charge is 0.258 e. The van der Waals surface area contributed by atoms with Gasteiger partial charge in [0.05, 0.1) is 5.75 Å². The molecule has 146 valence electrons. The van der Waals surface area contributed by atoms with Gasteiger partial charge in [-0.05, 0) is 61.4 Å². The highest BCUT2D eigenvalue weighted by molar-refractivity contribution is 8.00. The Kier molecular flexibility index (Phi) is 5.67. The van der Waals surface area contributed by atoms with E-state index in [1.165, 1.54) is 22.9 Å². The molecule has 2 amide bonds. The van der Waals surface area contributed by atoms with E-state index < -0.39 is 0 Å². The third kappa shape index (κ3) is 4.51. The highest BCUT2D eigenvalue weighted by atomic mass is 32.2. The summed E-state index contributed by atoms with van der Waals surface area (Å²) in [7, 11) is 0. The molecule has 0 saturated carbocycles. The summed E-state index contributed by atoms with van der Waals surface area (Å²) in [6, 6.07) is 23.2. The number of carbonyl (C=O) groups is 2. The molecular weight excluding hydrogens is 380 g/mol. The highest BCUT2D eigenvalue weighted by Gasteiger charge is 2.24. The Morgan fingerprint density at radius 2 is 1.69 bits per heavy atom. The standard InChI is InChI=1S/C24H22N2O2S/c1-17-6-12-21(13-7-17)29-16-23(27)25-20-10-8-19(9-11-20)24(28)26-15-14-18-4-2-3-5-22(18)26/h2-13H,14-16H2,1H3,(H,25,27). The molecule has 3 aromatic rings. The number of benzene rings is 3. The normalized spacial score (nSPS) is 12.5. The third-order valence-corrected chi connectivity index (χ3v) is 5.95. The van der Waals surface area contributed by atoms with Crippen LogP contribution in [0.25, 0.3) is 0 Å². The van der Waals surface area contributed by atoms with Crippen molar-refractivity contribution in [2.24, 2.45) is 0 Å². The number of aryl methyl sites for hydroxylation is 1. The maximum absolute atomic E-state index is 12.9. The highest BCUT2D eigenvalue weighted by Crippen LogP contribution is 2.29. The van der Waals surface area contributed by atoms with Crippen LogP contribution in [-0.2, 0) is 11.2 Å². The number of fused-ring (bicyclic) bond motifs is 1. The van der Waals surface area contributed by atoms with Gasteiger partial charge < -0.3 is 10.2 Å². The summed E-state index contributed by atoms with van der Waals surface area (Å²) in [4.78, 5) is 28.0. The molecule has 0 radical (unpaired) electrons. The first-order valence-corrected chi connectivity index (χ1v) is 10.6. The zero-order valence-electron chi connectivity index (χ0n) is 16.2. The third-order valence-electron chi connectivity index (χ3n) is 4.94. The van der Waals surface area contributed by atoms with Crippen molar-refractivity contribution in [3.8, 4) is 0 Å². The number of hydrogen-bond donors (Lipinski definition) is 1. The average Bonchev–Trinajstić information content (AvgIpc) is 3.17. The minimum Gasteiger partial charge on any atom is -0.325 e. The molecule has 4 nitrogen and oxygen atoms in total. The maximum atomic E-state index is 12.9. The van der Waals surface area contributed by atoms with Crippen molar-refractivity contribution < 1.29 is 9.59 Å². The topological polar surface area (TPSA) is 49.4 Å². The Bertz CT molecular complexity index is 1030. The first kappa shape index (κ1) is 19.3. The lowest BCUT2D eigenvalue weighted by atomic mass is 10.1. The molecule has 0 fully saturated rings. The largest absolute Gasteiger partial charge is 0.325 e. The number of amides is 2. The van der Waals surface area contributed by atoms with Crippen molar-refractivity contribution in [2.45, 2.75) is 18.2 Å². The van der Waals surface area contributed by atoms with Gasteiger partial charge in [0.15, 0.2) is 0 Å². The van der Waals surface area contributed by atoms with Gasteiger partial charge in [-0.2, -0.15) is 0 Å². The Hall–Kier alpha value is -3.05. The van der Waals surface area contributed by atoms with Crippen molar-refractivity contribution in [1.82, 2.24) is 0 Å². The molecule has 0 unspecified atom stereocenters. The molecule has 1 aliphatic heterocycles. The second-order valence-electron chi connectivity index (χ2n) is 7.06. The van der Waals surface area contributed by atoms with Crippen LogP contribution < -0.4 is 10.2 Å². The van der Waals surface area contributed by atoms with E-state index in [0.717, 1.165) is 17.0 Å². The van der Waals surface area contributed by atoms with E-state index in [-0.39, 0.29) is 11.8 Å². The van der Waals surface area contributed by atoms with Gasteiger partial charge >= 0.3 is 0 Å². The van der Waals surface area contributed by atoms with E-state index in [0.29, 0.717) is 23.5 Å². The van der Waals surface area contributed by atoms with Crippen molar-refractivity contribution >= 4 is 35.0 Å². The first-order valence-electron chi connectivity index (χ1n) is 9.59. The Morgan fingerprint density at radius 1 is 0.966 bits per heavy atom. The van der Waals surface area contributed by atoms with Gasteiger partial charge in [-0.1, -0.05) is 35.9 Å². The predicted octanol–water partition coefficient (Wildman–Crippen LogP) is 4.93. The van der Waals surface area contributed by atoms with Crippen LogP contribution >= 0.6 is 11.8 Å². The number of para-hydroxylation sites is 1. The second-order valence-corrected chi connectivity index (χ2v) is 8.11. The van der Waals surface area contributed by atoms with Crippen molar-refractivity contribution in [1.29, 1.82) is 0 Å². The Morgan fingerprint density at radius 3 is 2.45 bits per heavy atom. The molecule has 0 saturated heterocycles. The van der Waals surface area contributed by atoms with E-state index in [1.807, 2.05) is 54.3 Å². The fraction of sp³-hybridized carbons (Fsp3) is 0.167. The quantitative estimate of drug-likeness (QED) is 0.616. The SMILES string of the molecule is Cc1ccc(SCC(=O)Nc2ccc(C(=O)N3CCc4ccccc43)cc2)cc1. The van der Waals surface area contributed by atoms with Gasteiger partial charge in [-0.15, -0.1) is 11.8 Å². The van der Waals surface area contributed by atoms with Crippen LogP contribution in [-0.4, -0.2) is 24.1 Å². The van der Waals surface area contributed by atoms with Crippen LogP contribution in [0.15, 0.2) is 77.7 Å². The molecule has 0 atom stereocenters. The number of anilines is 2. The lowest BCUT2D eigenvalue weighted by Gasteiger charge is -2.17. The summed E-state index contributed by atoms with van der Waals surface area (Å²) in [6.07, 6.45) is 0.884. The molecule has 0 aromatic heterocycles. The lowest BCUT2D eigenvalue weighted by Crippen LogP contribution is -2.28. The number of hydrogen-bond acceptors (Lipinski definition) is 3. The first-order chi connectivity index (χ1) is 14.1. The number of thioether (sulfide) groups is 1. The van der Waals surface area contributed by atoms with Crippen molar-refractivity contribution in [3.63, 3.8) is 0 Å². The van der Waals surface area contributed by atoms with Crippen LogP contribution in [0, 0.1) is 6.92 Å². The summed E-state index contributed by atoms with van der Waals surface area (Å²) >= 11 is 1.50.